The van der Waals surface area contributed by atoms with Crippen molar-refractivity contribution in [3.63, 3.8) is 0 Å². The monoisotopic (exact) mass is 392 g/mol. The molecule has 1 aliphatic heterocycles. The molecule has 158 valence electrons. The zero-order chi connectivity index (χ0) is 21.1. The van der Waals surface area contributed by atoms with Crippen LogP contribution >= 0.6 is 0 Å². The van der Waals surface area contributed by atoms with Gasteiger partial charge in [-0.2, -0.15) is 5.10 Å². The molecule has 2 rings (SSSR count). The number of hydrogen-bond donors (Lipinski definition) is 0. The van der Waals surface area contributed by atoms with E-state index in [0.29, 0.717) is 18.9 Å². The Balaban J connectivity index is 1.77. The zero-order valence-electron chi connectivity index (χ0n) is 18.5. The number of ether oxygens (including phenoxy) is 1. The van der Waals surface area contributed by atoms with Crippen molar-refractivity contribution in [2.45, 2.75) is 65.9 Å². The van der Waals surface area contributed by atoms with Gasteiger partial charge in [0.25, 0.3) is 0 Å². The van der Waals surface area contributed by atoms with Gasteiger partial charge in [0, 0.05) is 45.8 Å². The molecular formula is C21H36N4O3. The summed E-state index contributed by atoms with van der Waals surface area (Å²) in [6.45, 7) is 11.9. The number of carbonyl (C=O) groups is 2. The van der Waals surface area contributed by atoms with E-state index in [-0.39, 0.29) is 12.0 Å². The third-order valence-electron chi connectivity index (χ3n) is 5.45. The highest BCUT2D eigenvalue weighted by Crippen LogP contribution is 2.21. The highest BCUT2D eigenvalue weighted by molar-refractivity contribution is 5.76. The second kappa shape index (κ2) is 8.97. The molecule has 0 atom stereocenters. The summed E-state index contributed by atoms with van der Waals surface area (Å²) in [4.78, 5) is 28.3. The molecule has 0 aliphatic carbocycles. The predicted molar refractivity (Wildman–Crippen MR) is 109 cm³/mol. The number of rotatable bonds is 5. The van der Waals surface area contributed by atoms with Gasteiger partial charge in [0.05, 0.1) is 5.69 Å². The average Bonchev–Trinajstić information content (AvgIpc) is 2.84. The lowest BCUT2D eigenvalue weighted by molar-refractivity contribution is -0.132. The molecule has 0 radical (unpaired) electrons. The smallest absolute Gasteiger partial charge is 0.410 e. The van der Waals surface area contributed by atoms with Crippen LogP contribution in [0.5, 0.6) is 0 Å². The van der Waals surface area contributed by atoms with Gasteiger partial charge in [-0.25, -0.2) is 4.79 Å². The number of piperidine rings is 1. The number of likely N-dealkylation sites (tertiary alicyclic amines) is 1. The minimum absolute atomic E-state index is 0.210. The van der Waals surface area contributed by atoms with Crippen LogP contribution in [0.2, 0.25) is 0 Å². The van der Waals surface area contributed by atoms with Gasteiger partial charge in [-0.3, -0.25) is 9.48 Å². The van der Waals surface area contributed by atoms with Crippen molar-refractivity contribution in [1.29, 1.82) is 0 Å². The van der Waals surface area contributed by atoms with E-state index >= 15 is 0 Å². The quantitative estimate of drug-likeness (QED) is 0.772. The topological polar surface area (TPSA) is 67.7 Å². The van der Waals surface area contributed by atoms with Gasteiger partial charge in [0.2, 0.25) is 5.91 Å². The van der Waals surface area contributed by atoms with E-state index in [1.165, 1.54) is 5.56 Å². The molecule has 0 spiro atoms. The molecule has 0 bridgehead atoms. The van der Waals surface area contributed by atoms with Crippen molar-refractivity contribution in [3.05, 3.63) is 17.0 Å². The summed E-state index contributed by atoms with van der Waals surface area (Å²) in [7, 11) is 3.72. The Hall–Kier alpha value is -2.05. The second-order valence-electron chi connectivity index (χ2n) is 8.96. The van der Waals surface area contributed by atoms with E-state index in [1.807, 2.05) is 51.2 Å². The minimum Gasteiger partial charge on any atom is -0.444 e. The normalized spacial score (nSPS) is 15.6. The fourth-order valence-corrected chi connectivity index (χ4v) is 3.74. The maximum absolute atomic E-state index is 12.6. The lowest BCUT2D eigenvalue weighted by Crippen LogP contribution is -2.43. The summed E-state index contributed by atoms with van der Waals surface area (Å²) in [6, 6.07) is 0. The Morgan fingerprint density at radius 2 is 1.82 bits per heavy atom. The van der Waals surface area contributed by atoms with Gasteiger partial charge >= 0.3 is 6.09 Å². The van der Waals surface area contributed by atoms with E-state index in [1.54, 1.807) is 11.9 Å². The van der Waals surface area contributed by atoms with Crippen LogP contribution in [0.4, 0.5) is 4.79 Å². The first-order valence-electron chi connectivity index (χ1n) is 10.2. The molecule has 1 aromatic rings. The standard InChI is InChI=1S/C21H36N4O3/c1-15-18(16(2)24(7)22-15)8-9-19(26)25-12-10-17(11-13-25)14-23(6)20(27)28-21(3,4)5/h17H,8-14H2,1-7H3. The van der Waals surface area contributed by atoms with Crippen molar-refractivity contribution >= 4 is 12.0 Å². The summed E-state index contributed by atoms with van der Waals surface area (Å²) in [5.74, 6) is 0.617. The summed E-state index contributed by atoms with van der Waals surface area (Å²) in [5.41, 5.74) is 2.85. The minimum atomic E-state index is -0.480. The molecule has 1 aliphatic rings. The Morgan fingerprint density at radius 3 is 2.32 bits per heavy atom. The Bertz CT molecular complexity index is 697. The van der Waals surface area contributed by atoms with E-state index in [9.17, 15) is 9.59 Å². The number of amides is 2. The van der Waals surface area contributed by atoms with Crippen LogP contribution < -0.4 is 0 Å². The zero-order valence-corrected chi connectivity index (χ0v) is 18.5. The number of aryl methyl sites for hydroxylation is 2. The lowest BCUT2D eigenvalue weighted by Gasteiger charge is -2.34. The first-order valence-corrected chi connectivity index (χ1v) is 10.2. The molecule has 0 saturated carbocycles. The summed E-state index contributed by atoms with van der Waals surface area (Å²) >= 11 is 0. The SMILES string of the molecule is Cc1nn(C)c(C)c1CCC(=O)N1CCC(CN(C)C(=O)OC(C)(C)C)CC1. The Kier molecular flexibility index (Phi) is 7.12. The van der Waals surface area contributed by atoms with Gasteiger partial charge in [-0.1, -0.05) is 0 Å². The fourth-order valence-electron chi connectivity index (χ4n) is 3.74. The van der Waals surface area contributed by atoms with E-state index in [2.05, 4.69) is 5.10 Å². The third-order valence-corrected chi connectivity index (χ3v) is 5.45. The van der Waals surface area contributed by atoms with Crippen LogP contribution in [0, 0.1) is 19.8 Å². The second-order valence-corrected chi connectivity index (χ2v) is 8.96. The van der Waals surface area contributed by atoms with Gasteiger partial charge < -0.3 is 14.5 Å². The largest absolute Gasteiger partial charge is 0.444 e. The van der Waals surface area contributed by atoms with Crippen molar-refractivity contribution in [2.24, 2.45) is 13.0 Å². The molecule has 7 heteroatoms. The van der Waals surface area contributed by atoms with Crippen LogP contribution in [0.25, 0.3) is 0 Å². The summed E-state index contributed by atoms with van der Waals surface area (Å²) < 4.78 is 7.29. The molecule has 1 fully saturated rings. The summed E-state index contributed by atoms with van der Waals surface area (Å²) in [5, 5.41) is 4.42. The van der Waals surface area contributed by atoms with Gasteiger partial charge in [-0.15, -0.1) is 0 Å². The van der Waals surface area contributed by atoms with Crippen molar-refractivity contribution in [1.82, 2.24) is 19.6 Å². The van der Waals surface area contributed by atoms with Crippen LogP contribution in [0.3, 0.4) is 0 Å². The van der Waals surface area contributed by atoms with Crippen molar-refractivity contribution in [3.8, 4) is 0 Å². The summed E-state index contributed by atoms with van der Waals surface area (Å²) in [6.07, 6.45) is 2.82. The van der Waals surface area contributed by atoms with Crippen LogP contribution in [-0.4, -0.2) is 63.9 Å². The Morgan fingerprint density at radius 1 is 1.21 bits per heavy atom. The molecule has 28 heavy (non-hydrogen) atoms. The molecule has 0 N–H and O–H groups in total. The molecule has 0 unspecified atom stereocenters. The molecule has 1 saturated heterocycles. The Labute approximate surface area is 169 Å². The molecule has 1 aromatic heterocycles. The van der Waals surface area contributed by atoms with E-state index in [4.69, 9.17) is 4.74 Å². The van der Waals surface area contributed by atoms with Gasteiger partial charge in [0.15, 0.2) is 0 Å². The number of aromatic nitrogens is 2. The first kappa shape index (κ1) is 22.2. The number of nitrogens with zero attached hydrogens (tertiary/aromatic N) is 4. The van der Waals surface area contributed by atoms with Crippen molar-refractivity contribution in [2.75, 3.05) is 26.7 Å². The number of carbonyl (C=O) groups excluding carboxylic acids is 2. The highest BCUT2D eigenvalue weighted by atomic mass is 16.6. The van der Waals surface area contributed by atoms with Crippen molar-refractivity contribution < 1.29 is 14.3 Å². The fraction of sp³-hybridized carbons (Fsp3) is 0.762. The van der Waals surface area contributed by atoms with Crippen LogP contribution in [-0.2, 0) is 23.0 Å². The van der Waals surface area contributed by atoms with Crippen LogP contribution in [0.1, 0.15) is 57.0 Å². The highest BCUT2D eigenvalue weighted by Gasteiger charge is 2.26. The van der Waals surface area contributed by atoms with E-state index in [0.717, 1.165) is 43.7 Å². The maximum atomic E-state index is 12.6. The lowest BCUT2D eigenvalue weighted by atomic mass is 9.96. The average molecular weight is 393 g/mol. The van der Waals surface area contributed by atoms with E-state index < -0.39 is 5.60 Å². The molecule has 2 amide bonds. The molecule has 2 heterocycles. The van der Waals surface area contributed by atoms with Gasteiger partial charge in [0.1, 0.15) is 5.60 Å². The third kappa shape index (κ3) is 5.97. The maximum Gasteiger partial charge on any atom is 0.410 e. The molecule has 0 aromatic carbocycles. The molecule has 7 nitrogen and oxygen atoms in total. The number of hydrogen-bond acceptors (Lipinski definition) is 4. The van der Waals surface area contributed by atoms with Gasteiger partial charge in [-0.05, 0) is 65.4 Å². The predicted octanol–water partition coefficient (Wildman–Crippen LogP) is 3.08. The first-order chi connectivity index (χ1) is 13.0. The van der Waals surface area contributed by atoms with Crippen LogP contribution in [0.15, 0.2) is 0 Å². The molecular weight excluding hydrogens is 356 g/mol.